The van der Waals surface area contributed by atoms with Crippen molar-refractivity contribution in [2.45, 2.75) is 57.5 Å². The zero-order chi connectivity index (χ0) is 9.31. The molecule has 2 atom stereocenters. The summed E-state index contributed by atoms with van der Waals surface area (Å²) >= 11 is 0. The molecule has 2 fully saturated rings. The molecule has 0 bridgehead atoms. The maximum atomic E-state index is 11.4. The lowest BCUT2D eigenvalue weighted by atomic mass is 9.64. The maximum absolute atomic E-state index is 11.4. The first-order chi connectivity index (χ1) is 6.20. The molecule has 2 aliphatic rings. The number of rotatable bonds is 0. The van der Waals surface area contributed by atoms with Crippen LogP contribution >= 0.6 is 0 Å². The number of hydrogen-bond acceptors (Lipinski definition) is 2. The molecular weight excluding hydrogens is 164 g/mol. The van der Waals surface area contributed by atoms with Crippen molar-refractivity contribution in [1.29, 1.82) is 0 Å². The average molecular weight is 182 g/mol. The van der Waals surface area contributed by atoms with E-state index in [4.69, 9.17) is 0 Å². The fraction of sp³-hybridized carbons (Fsp3) is 0.909. The molecule has 0 saturated heterocycles. The molecule has 0 aromatic rings. The third kappa shape index (κ3) is 1.93. The van der Waals surface area contributed by atoms with Gasteiger partial charge in [-0.25, -0.2) is 0 Å². The van der Waals surface area contributed by atoms with E-state index in [1.807, 2.05) is 0 Å². The second-order valence-electron chi connectivity index (χ2n) is 4.82. The van der Waals surface area contributed by atoms with Crippen LogP contribution in [0, 0.1) is 5.41 Å². The zero-order valence-electron chi connectivity index (χ0n) is 8.09. The molecule has 1 N–H and O–H groups in total. The van der Waals surface area contributed by atoms with E-state index in [0.717, 1.165) is 51.4 Å². The van der Waals surface area contributed by atoms with Crippen LogP contribution in [-0.4, -0.2) is 17.0 Å². The molecule has 74 valence electrons. The number of aliphatic hydroxyl groups excluding tert-OH is 1. The first-order valence-corrected chi connectivity index (χ1v) is 5.40. The Labute approximate surface area is 79.3 Å². The van der Waals surface area contributed by atoms with Gasteiger partial charge in [0.1, 0.15) is 5.78 Å². The van der Waals surface area contributed by atoms with Crippen LogP contribution < -0.4 is 0 Å². The summed E-state index contributed by atoms with van der Waals surface area (Å²) < 4.78 is 0. The first kappa shape index (κ1) is 9.20. The van der Waals surface area contributed by atoms with Gasteiger partial charge in [-0.1, -0.05) is 6.42 Å². The van der Waals surface area contributed by atoms with E-state index >= 15 is 0 Å². The maximum Gasteiger partial charge on any atom is 0.133 e. The quantitative estimate of drug-likeness (QED) is 0.622. The second kappa shape index (κ2) is 3.41. The molecule has 2 heteroatoms. The lowest BCUT2D eigenvalue weighted by molar-refractivity contribution is -0.125. The summed E-state index contributed by atoms with van der Waals surface area (Å²) in [6.07, 6.45) is 7.67. The Kier molecular flexibility index (Phi) is 2.41. The molecule has 0 aromatic heterocycles. The largest absolute Gasteiger partial charge is 0.393 e. The summed E-state index contributed by atoms with van der Waals surface area (Å²) in [6, 6.07) is 0. The highest BCUT2D eigenvalue weighted by Crippen LogP contribution is 2.46. The van der Waals surface area contributed by atoms with Gasteiger partial charge in [0.05, 0.1) is 6.10 Å². The third-order valence-corrected chi connectivity index (χ3v) is 3.65. The lowest BCUT2D eigenvalue weighted by Crippen LogP contribution is -2.36. The van der Waals surface area contributed by atoms with Crippen molar-refractivity contribution in [3.63, 3.8) is 0 Å². The van der Waals surface area contributed by atoms with Crippen LogP contribution in [0.2, 0.25) is 0 Å². The number of carbonyl (C=O) groups excluding carboxylic acids is 1. The number of hydrogen-bond donors (Lipinski definition) is 1. The van der Waals surface area contributed by atoms with Crippen molar-refractivity contribution in [3.05, 3.63) is 0 Å². The van der Waals surface area contributed by atoms with Gasteiger partial charge in [0.25, 0.3) is 0 Å². The average Bonchev–Trinajstić information content (AvgIpc) is 2.02. The van der Waals surface area contributed by atoms with Crippen LogP contribution in [0.4, 0.5) is 0 Å². The Hall–Kier alpha value is -0.370. The van der Waals surface area contributed by atoms with Gasteiger partial charge in [-0.05, 0) is 37.5 Å². The van der Waals surface area contributed by atoms with Crippen LogP contribution in [-0.2, 0) is 4.79 Å². The van der Waals surface area contributed by atoms with Crippen LogP contribution in [0.25, 0.3) is 0 Å². The molecule has 0 heterocycles. The molecule has 0 aromatic carbocycles. The predicted octanol–water partition coefficient (Wildman–Crippen LogP) is 2.05. The van der Waals surface area contributed by atoms with Crippen molar-refractivity contribution < 1.29 is 9.90 Å². The molecular formula is C11H18O2. The van der Waals surface area contributed by atoms with Gasteiger partial charge >= 0.3 is 0 Å². The van der Waals surface area contributed by atoms with E-state index in [0.29, 0.717) is 5.78 Å². The Morgan fingerprint density at radius 3 is 2.77 bits per heavy atom. The second-order valence-corrected chi connectivity index (χ2v) is 4.82. The van der Waals surface area contributed by atoms with E-state index in [1.54, 1.807) is 0 Å². The smallest absolute Gasteiger partial charge is 0.133 e. The summed E-state index contributed by atoms with van der Waals surface area (Å²) in [5.41, 5.74) is 0.201. The molecule has 2 rings (SSSR count). The summed E-state index contributed by atoms with van der Waals surface area (Å²) in [5.74, 6) is 0.417. The lowest BCUT2D eigenvalue weighted by Gasteiger charge is -2.41. The standard InChI is InChI=1S/C11H18O2/c12-9-3-1-5-11(7-9)6-2-4-10(13)8-11/h9,12H,1-8H2/t9?,11-/m1/s1. The summed E-state index contributed by atoms with van der Waals surface area (Å²) in [5, 5.41) is 9.60. The minimum atomic E-state index is -0.139. The van der Waals surface area contributed by atoms with E-state index in [-0.39, 0.29) is 11.5 Å². The van der Waals surface area contributed by atoms with Crippen LogP contribution in [0.1, 0.15) is 51.4 Å². The van der Waals surface area contributed by atoms with E-state index in [9.17, 15) is 9.90 Å². The highest BCUT2D eigenvalue weighted by Gasteiger charge is 2.39. The van der Waals surface area contributed by atoms with Gasteiger partial charge < -0.3 is 5.11 Å². The molecule has 0 radical (unpaired) electrons. The number of aliphatic hydroxyl groups is 1. The van der Waals surface area contributed by atoms with Gasteiger partial charge in [0.15, 0.2) is 0 Å². The third-order valence-electron chi connectivity index (χ3n) is 3.65. The molecule has 2 nitrogen and oxygen atoms in total. The Balaban J connectivity index is 2.04. The van der Waals surface area contributed by atoms with Gasteiger partial charge in [-0.2, -0.15) is 0 Å². The minimum Gasteiger partial charge on any atom is -0.393 e. The molecule has 2 aliphatic carbocycles. The number of Topliss-reactive ketones (excluding diaryl/α,β-unsaturated/α-hetero) is 1. The van der Waals surface area contributed by atoms with Crippen molar-refractivity contribution in [3.8, 4) is 0 Å². The van der Waals surface area contributed by atoms with Gasteiger partial charge in [0, 0.05) is 12.8 Å². The summed E-state index contributed by atoms with van der Waals surface area (Å²) in [6.45, 7) is 0. The van der Waals surface area contributed by atoms with E-state index in [2.05, 4.69) is 0 Å². The SMILES string of the molecule is O=C1CCC[C@@]2(CCCC(O)C2)C1. The number of carbonyl (C=O) groups is 1. The van der Waals surface area contributed by atoms with Crippen LogP contribution in [0.3, 0.4) is 0 Å². The van der Waals surface area contributed by atoms with E-state index < -0.39 is 0 Å². The van der Waals surface area contributed by atoms with Gasteiger partial charge in [-0.15, -0.1) is 0 Å². The van der Waals surface area contributed by atoms with Gasteiger partial charge in [-0.3, -0.25) is 4.79 Å². The van der Waals surface area contributed by atoms with Crippen molar-refractivity contribution >= 4 is 5.78 Å². The Morgan fingerprint density at radius 2 is 2.08 bits per heavy atom. The fourth-order valence-electron chi connectivity index (χ4n) is 3.06. The molecule has 0 amide bonds. The highest BCUT2D eigenvalue weighted by molar-refractivity contribution is 5.79. The molecule has 0 aliphatic heterocycles. The van der Waals surface area contributed by atoms with Crippen LogP contribution in [0.5, 0.6) is 0 Å². The van der Waals surface area contributed by atoms with Gasteiger partial charge in [0.2, 0.25) is 0 Å². The van der Waals surface area contributed by atoms with E-state index in [1.165, 1.54) is 0 Å². The molecule has 1 spiro atoms. The Morgan fingerprint density at radius 1 is 1.31 bits per heavy atom. The summed E-state index contributed by atoms with van der Waals surface area (Å²) in [7, 11) is 0. The van der Waals surface area contributed by atoms with Crippen molar-refractivity contribution in [2.24, 2.45) is 5.41 Å². The first-order valence-electron chi connectivity index (χ1n) is 5.40. The Bertz CT molecular complexity index is 208. The topological polar surface area (TPSA) is 37.3 Å². The predicted molar refractivity (Wildman–Crippen MR) is 50.4 cm³/mol. The van der Waals surface area contributed by atoms with Crippen molar-refractivity contribution in [2.75, 3.05) is 0 Å². The molecule has 13 heavy (non-hydrogen) atoms. The highest BCUT2D eigenvalue weighted by atomic mass is 16.3. The monoisotopic (exact) mass is 182 g/mol. The molecule has 2 saturated carbocycles. The zero-order valence-corrected chi connectivity index (χ0v) is 8.09. The number of ketones is 1. The minimum absolute atomic E-state index is 0.139. The van der Waals surface area contributed by atoms with Crippen LogP contribution in [0.15, 0.2) is 0 Å². The summed E-state index contributed by atoms with van der Waals surface area (Å²) in [4.78, 5) is 11.4. The molecule has 1 unspecified atom stereocenters. The fourth-order valence-corrected chi connectivity index (χ4v) is 3.06. The normalized spacial score (nSPS) is 41.0. The van der Waals surface area contributed by atoms with Crippen molar-refractivity contribution in [1.82, 2.24) is 0 Å².